The number of nitrogens with zero attached hydrogens (tertiary/aromatic N) is 1. The monoisotopic (exact) mass is 239 g/mol. The molecule has 0 saturated heterocycles. The molecule has 0 spiro atoms. The highest BCUT2D eigenvalue weighted by Gasteiger charge is 2.09. The minimum absolute atomic E-state index is 0.0176. The molecule has 1 unspecified atom stereocenters. The van der Waals surface area contributed by atoms with Gasteiger partial charge in [-0.3, -0.25) is 4.79 Å². The summed E-state index contributed by atoms with van der Waals surface area (Å²) in [5.41, 5.74) is 2.17. The van der Waals surface area contributed by atoms with Crippen LogP contribution in [-0.2, 0) is 4.79 Å². The number of thiol groups is 1. The lowest BCUT2D eigenvalue weighted by Crippen LogP contribution is -2.09. The van der Waals surface area contributed by atoms with Gasteiger partial charge in [-0.25, -0.2) is 0 Å². The highest BCUT2D eigenvalue weighted by atomic mass is 32.1. The molecule has 0 saturated carbocycles. The third-order valence-electron chi connectivity index (χ3n) is 2.40. The molecule has 1 rings (SSSR count). The maximum absolute atomic E-state index is 10.5. The predicted molar refractivity (Wildman–Crippen MR) is 69.4 cm³/mol. The van der Waals surface area contributed by atoms with Crippen LogP contribution in [-0.4, -0.2) is 25.2 Å². The third kappa shape index (κ3) is 3.77. The Labute approximate surface area is 101 Å². The second-order valence-electron chi connectivity index (χ2n) is 3.94. The molecule has 0 aliphatic rings. The Morgan fingerprint density at radius 3 is 2.75 bits per heavy atom. The zero-order chi connectivity index (χ0) is 12.1. The molecule has 0 radical (unpaired) electrons. The SMILES string of the molecule is CN(C)c1cccc(C(S)CCC(=O)O)c1. The summed E-state index contributed by atoms with van der Waals surface area (Å²) in [7, 11) is 3.95. The molecule has 0 bridgehead atoms. The van der Waals surface area contributed by atoms with Crippen LogP contribution >= 0.6 is 12.6 Å². The number of carbonyl (C=O) groups is 1. The molecule has 4 heteroatoms. The maximum Gasteiger partial charge on any atom is 0.303 e. The summed E-state index contributed by atoms with van der Waals surface area (Å²) in [5.74, 6) is -0.775. The average molecular weight is 239 g/mol. The molecule has 0 fully saturated rings. The fraction of sp³-hybridized carbons (Fsp3) is 0.417. The van der Waals surface area contributed by atoms with Gasteiger partial charge in [-0.05, 0) is 24.1 Å². The van der Waals surface area contributed by atoms with Gasteiger partial charge in [0.2, 0.25) is 0 Å². The Morgan fingerprint density at radius 1 is 1.50 bits per heavy atom. The Balaban J connectivity index is 2.71. The summed E-state index contributed by atoms with van der Waals surface area (Å²) in [6, 6.07) is 8.00. The van der Waals surface area contributed by atoms with Crippen LogP contribution in [0.5, 0.6) is 0 Å². The van der Waals surface area contributed by atoms with Gasteiger partial charge in [-0.15, -0.1) is 0 Å². The lowest BCUT2D eigenvalue weighted by atomic mass is 10.1. The van der Waals surface area contributed by atoms with Crippen molar-refractivity contribution in [3.63, 3.8) is 0 Å². The van der Waals surface area contributed by atoms with E-state index in [0.29, 0.717) is 6.42 Å². The van der Waals surface area contributed by atoms with Crippen molar-refractivity contribution in [3.05, 3.63) is 29.8 Å². The number of hydrogen-bond acceptors (Lipinski definition) is 3. The maximum atomic E-state index is 10.5. The van der Waals surface area contributed by atoms with Crippen LogP contribution in [0.3, 0.4) is 0 Å². The number of aliphatic carboxylic acids is 1. The van der Waals surface area contributed by atoms with Crippen LogP contribution in [0, 0.1) is 0 Å². The van der Waals surface area contributed by atoms with E-state index in [1.807, 2.05) is 43.3 Å². The van der Waals surface area contributed by atoms with Gasteiger partial charge in [-0.1, -0.05) is 12.1 Å². The minimum atomic E-state index is -0.775. The van der Waals surface area contributed by atoms with E-state index in [4.69, 9.17) is 5.11 Å². The average Bonchev–Trinajstić information content (AvgIpc) is 2.26. The van der Waals surface area contributed by atoms with E-state index in [0.717, 1.165) is 11.3 Å². The van der Waals surface area contributed by atoms with Crippen LogP contribution in [0.1, 0.15) is 23.7 Å². The second kappa shape index (κ2) is 5.80. The first-order valence-electron chi connectivity index (χ1n) is 5.18. The summed E-state index contributed by atoms with van der Waals surface area (Å²) >= 11 is 4.43. The van der Waals surface area contributed by atoms with Crippen LogP contribution < -0.4 is 4.90 Å². The fourth-order valence-electron chi connectivity index (χ4n) is 1.44. The molecule has 3 nitrogen and oxygen atoms in total. The summed E-state index contributed by atoms with van der Waals surface area (Å²) in [6.45, 7) is 0. The summed E-state index contributed by atoms with van der Waals surface area (Å²) in [4.78, 5) is 12.5. The molecule has 0 aliphatic carbocycles. The lowest BCUT2D eigenvalue weighted by molar-refractivity contribution is -0.137. The first kappa shape index (κ1) is 12.9. The number of anilines is 1. The van der Waals surface area contributed by atoms with Gasteiger partial charge in [-0.2, -0.15) is 12.6 Å². The molecule has 1 aromatic rings. The first-order chi connectivity index (χ1) is 7.50. The van der Waals surface area contributed by atoms with Gasteiger partial charge in [0.15, 0.2) is 0 Å². The second-order valence-corrected chi connectivity index (χ2v) is 4.56. The highest BCUT2D eigenvalue weighted by molar-refractivity contribution is 7.80. The van der Waals surface area contributed by atoms with Crippen LogP contribution in [0.25, 0.3) is 0 Å². The van der Waals surface area contributed by atoms with Gasteiger partial charge in [0, 0.05) is 31.5 Å². The van der Waals surface area contributed by atoms with Crippen molar-refractivity contribution in [1.82, 2.24) is 0 Å². The zero-order valence-electron chi connectivity index (χ0n) is 9.55. The number of benzene rings is 1. The molecule has 0 amide bonds. The molecule has 16 heavy (non-hydrogen) atoms. The Morgan fingerprint density at radius 2 is 2.19 bits per heavy atom. The van der Waals surface area contributed by atoms with Crippen molar-refractivity contribution in [3.8, 4) is 0 Å². The Kier molecular flexibility index (Phi) is 4.68. The van der Waals surface area contributed by atoms with Gasteiger partial charge < -0.3 is 10.0 Å². The van der Waals surface area contributed by atoms with E-state index >= 15 is 0 Å². The molecular formula is C12H17NO2S. The molecule has 1 atom stereocenters. The van der Waals surface area contributed by atoms with E-state index < -0.39 is 5.97 Å². The normalized spacial score (nSPS) is 12.2. The predicted octanol–water partition coefficient (Wildman–Crippen LogP) is 2.59. The molecule has 1 aromatic carbocycles. The van der Waals surface area contributed by atoms with E-state index in [1.54, 1.807) is 0 Å². The van der Waals surface area contributed by atoms with Gasteiger partial charge in [0.1, 0.15) is 0 Å². The molecule has 0 aliphatic heterocycles. The lowest BCUT2D eigenvalue weighted by Gasteiger charge is -2.16. The van der Waals surface area contributed by atoms with E-state index in [2.05, 4.69) is 12.6 Å². The molecule has 88 valence electrons. The molecule has 1 N–H and O–H groups in total. The third-order valence-corrected chi connectivity index (χ3v) is 2.96. The minimum Gasteiger partial charge on any atom is -0.481 e. The van der Waals surface area contributed by atoms with Gasteiger partial charge in [0.25, 0.3) is 0 Å². The van der Waals surface area contributed by atoms with Crippen molar-refractivity contribution >= 4 is 24.3 Å². The van der Waals surface area contributed by atoms with Crippen molar-refractivity contribution in [2.75, 3.05) is 19.0 Å². The largest absolute Gasteiger partial charge is 0.481 e. The zero-order valence-corrected chi connectivity index (χ0v) is 10.4. The van der Waals surface area contributed by atoms with Crippen molar-refractivity contribution in [2.24, 2.45) is 0 Å². The molecule has 0 aromatic heterocycles. The van der Waals surface area contributed by atoms with Gasteiger partial charge >= 0.3 is 5.97 Å². The van der Waals surface area contributed by atoms with Gasteiger partial charge in [0.05, 0.1) is 0 Å². The van der Waals surface area contributed by atoms with E-state index in [1.165, 1.54) is 0 Å². The topological polar surface area (TPSA) is 40.5 Å². The standard InChI is InChI=1S/C12H17NO2S/c1-13(2)10-5-3-4-9(8-10)11(16)6-7-12(14)15/h3-5,8,11,16H,6-7H2,1-2H3,(H,14,15). The first-order valence-corrected chi connectivity index (χ1v) is 5.69. The quantitative estimate of drug-likeness (QED) is 0.776. The number of carboxylic acid groups (broad SMARTS) is 1. The van der Waals surface area contributed by atoms with Crippen LogP contribution in [0.15, 0.2) is 24.3 Å². The molecular weight excluding hydrogens is 222 g/mol. The Bertz CT molecular complexity index is 366. The Hall–Kier alpha value is -1.16. The summed E-state index contributed by atoms with van der Waals surface area (Å²) < 4.78 is 0. The number of rotatable bonds is 5. The smallest absolute Gasteiger partial charge is 0.303 e. The van der Waals surface area contributed by atoms with Crippen LogP contribution in [0.4, 0.5) is 5.69 Å². The molecule has 0 heterocycles. The van der Waals surface area contributed by atoms with Crippen molar-refractivity contribution < 1.29 is 9.90 Å². The summed E-state index contributed by atoms with van der Waals surface area (Å²) in [6.07, 6.45) is 0.704. The highest BCUT2D eigenvalue weighted by Crippen LogP contribution is 2.27. The van der Waals surface area contributed by atoms with E-state index in [9.17, 15) is 4.79 Å². The number of carboxylic acids is 1. The summed E-state index contributed by atoms with van der Waals surface area (Å²) in [5, 5.41) is 8.59. The number of hydrogen-bond donors (Lipinski definition) is 2. The fourth-order valence-corrected chi connectivity index (χ4v) is 1.73. The van der Waals surface area contributed by atoms with Crippen molar-refractivity contribution in [2.45, 2.75) is 18.1 Å². The van der Waals surface area contributed by atoms with Crippen LogP contribution in [0.2, 0.25) is 0 Å². The van der Waals surface area contributed by atoms with Crippen molar-refractivity contribution in [1.29, 1.82) is 0 Å². The van der Waals surface area contributed by atoms with E-state index in [-0.39, 0.29) is 11.7 Å².